The predicted octanol–water partition coefficient (Wildman–Crippen LogP) is 4.13. The Labute approximate surface area is 123 Å². The highest BCUT2D eigenvalue weighted by Crippen LogP contribution is 2.32. The Bertz CT molecular complexity index is 579. The molecule has 0 radical (unpaired) electrons. The van der Waals surface area contributed by atoms with E-state index in [2.05, 4.69) is 0 Å². The molecule has 3 nitrogen and oxygen atoms in total. The van der Waals surface area contributed by atoms with Gasteiger partial charge in [0.2, 0.25) is 0 Å². The molecule has 0 spiro atoms. The molecule has 2 aromatic carbocycles. The Morgan fingerprint density at radius 3 is 2.55 bits per heavy atom. The molecule has 20 heavy (non-hydrogen) atoms. The van der Waals surface area contributed by atoms with Crippen LogP contribution >= 0.6 is 11.6 Å². The number of rotatable bonds is 6. The van der Waals surface area contributed by atoms with Crippen molar-refractivity contribution < 1.29 is 14.3 Å². The Balaban J connectivity index is 2.16. The van der Waals surface area contributed by atoms with Crippen LogP contribution in [0.15, 0.2) is 42.5 Å². The van der Waals surface area contributed by atoms with Crippen LogP contribution in [0.2, 0.25) is 5.02 Å². The molecular formula is C16H15ClO3. The maximum Gasteiger partial charge on any atom is 0.156 e. The van der Waals surface area contributed by atoms with Gasteiger partial charge in [-0.2, -0.15) is 0 Å². The zero-order chi connectivity index (χ0) is 14.4. The molecule has 104 valence electrons. The molecule has 2 aromatic rings. The second kappa shape index (κ2) is 7.08. The molecule has 0 aliphatic rings. The Morgan fingerprint density at radius 2 is 1.90 bits per heavy atom. The van der Waals surface area contributed by atoms with Gasteiger partial charge in [0.1, 0.15) is 5.75 Å². The molecule has 0 amide bonds. The number of hydrogen-bond donors (Lipinski definition) is 0. The predicted molar refractivity (Wildman–Crippen MR) is 78.9 cm³/mol. The maximum atomic E-state index is 11.0. The molecule has 0 heterocycles. The van der Waals surface area contributed by atoms with Gasteiger partial charge in [-0.3, -0.25) is 4.79 Å². The van der Waals surface area contributed by atoms with E-state index in [-0.39, 0.29) is 0 Å². The van der Waals surface area contributed by atoms with E-state index in [0.717, 1.165) is 18.3 Å². The van der Waals surface area contributed by atoms with Crippen molar-refractivity contribution in [1.82, 2.24) is 0 Å². The average Bonchev–Trinajstić information content (AvgIpc) is 2.48. The van der Waals surface area contributed by atoms with Crippen LogP contribution in [0.3, 0.4) is 0 Å². The van der Waals surface area contributed by atoms with Gasteiger partial charge in [0, 0.05) is 7.11 Å². The first-order valence-corrected chi connectivity index (χ1v) is 6.62. The minimum absolute atomic E-state index is 0.383. The summed E-state index contributed by atoms with van der Waals surface area (Å²) in [5.41, 5.74) is 1.59. The molecule has 0 aliphatic carbocycles. The number of carbonyl (C=O) groups is 1. The Morgan fingerprint density at radius 1 is 1.15 bits per heavy atom. The third kappa shape index (κ3) is 3.59. The summed E-state index contributed by atoms with van der Waals surface area (Å²) in [5, 5.41) is 0.415. The van der Waals surface area contributed by atoms with E-state index < -0.39 is 0 Å². The monoisotopic (exact) mass is 290 g/mol. The van der Waals surface area contributed by atoms with Crippen LogP contribution in [0.1, 0.15) is 15.9 Å². The van der Waals surface area contributed by atoms with Gasteiger partial charge in [-0.1, -0.05) is 29.8 Å². The fourth-order valence-electron chi connectivity index (χ4n) is 1.79. The number of aldehydes is 1. The molecule has 0 aliphatic heterocycles. The van der Waals surface area contributed by atoms with Crippen LogP contribution in [0.4, 0.5) is 0 Å². The van der Waals surface area contributed by atoms with Gasteiger partial charge in [0.15, 0.2) is 12.0 Å². The van der Waals surface area contributed by atoms with Crippen molar-refractivity contribution >= 4 is 17.9 Å². The number of hydrogen-bond acceptors (Lipinski definition) is 3. The summed E-state index contributed by atoms with van der Waals surface area (Å²) in [7, 11) is 1.68. The second-order valence-corrected chi connectivity index (χ2v) is 4.67. The van der Waals surface area contributed by atoms with E-state index in [1.54, 1.807) is 25.3 Å². The smallest absolute Gasteiger partial charge is 0.156 e. The molecule has 4 heteroatoms. The lowest BCUT2D eigenvalue weighted by Gasteiger charge is -2.10. The molecule has 0 aromatic heterocycles. The van der Waals surface area contributed by atoms with E-state index in [4.69, 9.17) is 21.1 Å². The van der Waals surface area contributed by atoms with Gasteiger partial charge in [0.05, 0.1) is 17.2 Å². The van der Waals surface area contributed by atoms with Crippen molar-refractivity contribution in [2.75, 3.05) is 13.7 Å². The van der Waals surface area contributed by atoms with Gasteiger partial charge in [-0.15, -0.1) is 0 Å². The number of methoxy groups -OCH3 is 1. The van der Waals surface area contributed by atoms with E-state index in [0.29, 0.717) is 28.7 Å². The quantitative estimate of drug-likeness (QED) is 0.750. The van der Waals surface area contributed by atoms with E-state index in [1.165, 1.54) is 0 Å². The van der Waals surface area contributed by atoms with Crippen molar-refractivity contribution in [3.8, 4) is 11.5 Å². The van der Waals surface area contributed by atoms with Gasteiger partial charge >= 0.3 is 0 Å². The highest BCUT2D eigenvalue weighted by molar-refractivity contribution is 6.32. The maximum absolute atomic E-state index is 11.0. The molecule has 0 saturated carbocycles. The summed E-state index contributed by atoms with van der Waals surface area (Å²) >= 11 is 6.06. The molecule has 0 unspecified atom stereocenters. The van der Waals surface area contributed by atoms with Crippen molar-refractivity contribution in [3.05, 3.63) is 58.6 Å². The molecule has 0 fully saturated rings. The van der Waals surface area contributed by atoms with Crippen LogP contribution in [-0.4, -0.2) is 20.0 Å². The summed E-state index contributed by atoms with van der Waals surface area (Å²) in [5.74, 6) is 1.02. The van der Waals surface area contributed by atoms with Gasteiger partial charge in [-0.05, 0) is 36.2 Å². The highest BCUT2D eigenvalue weighted by Gasteiger charge is 2.09. The zero-order valence-electron chi connectivity index (χ0n) is 11.1. The van der Waals surface area contributed by atoms with Crippen molar-refractivity contribution in [1.29, 1.82) is 0 Å². The van der Waals surface area contributed by atoms with Gasteiger partial charge in [0.25, 0.3) is 0 Å². The van der Waals surface area contributed by atoms with Crippen LogP contribution in [-0.2, 0) is 11.2 Å². The van der Waals surface area contributed by atoms with E-state index >= 15 is 0 Å². The second-order valence-electron chi connectivity index (χ2n) is 4.26. The van der Waals surface area contributed by atoms with Crippen molar-refractivity contribution in [2.24, 2.45) is 0 Å². The first-order valence-electron chi connectivity index (χ1n) is 6.24. The standard InChI is InChI=1S/C16H15ClO3/c1-19-10-9-12-5-7-14(8-6-12)20-16-13(11-18)3-2-4-15(16)17/h2-8,11H,9-10H2,1H3. The SMILES string of the molecule is COCCc1ccc(Oc2c(Cl)cccc2C=O)cc1. The normalized spacial score (nSPS) is 10.3. The number of ether oxygens (including phenoxy) is 2. The minimum Gasteiger partial charge on any atom is -0.455 e. The van der Waals surface area contributed by atoms with E-state index in [1.807, 2.05) is 24.3 Å². The zero-order valence-corrected chi connectivity index (χ0v) is 11.9. The van der Waals surface area contributed by atoms with Crippen LogP contribution in [0.5, 0.6) is 11.5 Å². The number of halogens is 1. The fourth-order valence-corrected chi connectivity index (χ4v) is 2.01. The summed E-state index contributed by atoms with van der Waals surface area (Å²) in [6.45, 7) is 0.681. The molecule has 0 saturated heterocycles. The molecular weight excluding hydrogens is 276 g/mol. The van der Waals surface area contributed by atoms with Crippen molar-refractivity contribution in [2.45, 2.75) is 6.42 Å². The third-order valence-electron chi connectivity index (χ3n) is 2.86. The molecule has 0 N–H and O–H groups in total. The lowest BCUT2D eigenvalue weighted by molar-refractivity contribution is 0.112. The fraction of sp³-hybridized carbons (Fsp3) is 0.188. The first kappa shape index (κ1) is 14.6. The first-order chi connectivity index (χ1) is 9.74. The highest BCUT2D eigenvalue weighted by atomic mass is 35.5. The molecule has 0 atom stereocenters. The van der Waals surface area contributed by atoms with Crippen LogP contribution in [0, 0.1) is 0 Å². The Kier molecular flexibility index (Phi) is 5.16. The molecule has 2 rings (SSSR count). The van der Waals surface area contributed by atoms with Crippen molar-refractivity contribution in [3.63, 3.8) is 0 Å². The van der Waals surface area contributed by atoms with Crippen LogP contribution < -0.4 is 4.74 Å². The largest absolute Gasteiger partial charge is 0.455 e. The number of para-hydroxylation sites is 1. The minimum atomic E-state index is 0.383. The topological polar surface area (TPSA) is 35.5 Å². The summed E-state index contributed by atoms with van der Waals surface area (Å²) in [6, 6.07) is 12.7. The molecule has 0 bridgehead atoms. The van der Waals surface area contributed by atoms with Crippen LogP contribution in [0.25, 0.3) is 0 Å². The number of carbonyl (C=O) groups excluding carboxylic acids is 1. The van der Waals surface area contributed by atoms with Gasteiger partial charge < -0.3 is 9.47 Å². The lowest BCUT2D eigenvalue weighted by atomic mass is 10.1. The third-order valence-corrected chi connectivity index (χ3v) is 3.16. The summed E-state index contributed by atoms with van der Waals surface area (Å²) in [4.78, 5) is 11.0. The average molecular weight is 291 g/mol. The lowest BCUT2D eigenvalue weighted by Crippen LogP contribution is -1.95. The van der Waals surface area contributed by atoms with Gasteiger partial charge in [-0.25, -0.2) is 0 Å². The van der Waals surface area contributed by atoms with E-state index in [9.17, 15) is 4.79 Å². The number of benzene rings is 2. The Hall–Kier alpha value is -1.84. The summed E-state index contributed by atoms with van der Waals surface area (Å²) in [6.07, 6.45) is 1.58. The summed E-state index contributed by atoms with van der Waals surface area (Å²) < 4.78 is 10.7.